The highest BCUT2D eigenvalue weighted by atomic mass is 35.5. The average Bonchev–Trinajstić information content (AvgIpc) is 2.48. The molecule has 0 saturated heterocycles. The first-order chi connectivity index (χ1) is 10.1. The molecule has 4 nitrogen and oxygen atoms in total. The van der Waals surface area contributed by atoms with Crippen LogP contribution in [0.25, 0.3) is 0 Å². The summed E-state index contributed by atoms with van der Waals surface area (Å²) in [5.41, 5.74) is 1.43. The Balaban J connectivity index is 2.03. The molecule has 0 aliphatic carbocycles. The van der Waals surface area contributed by atoms with Crippen LogP contribution in [0.15, 0.2) is 42.7 Å². The van der Waals surface area contributed by atoms with Gasteiger partial charge < -0.3 is 10.1 Å². The Morgan fingerprint density at radius 3 is 2.86 bits per heavy atom. The first kappa shape index (κ1) is 15.3. The van der Waals surface area contributed by atoms with Crippen molar-refractivity contribution >= 4 is 17.5 Å². The lowest BCUT2D eigenvalue weighted by Gasteiger charge is -2.16. The van der Waals surface area contributed by atoms with Gasteiger partial charge in [-0.05, 0) is 31.0 Å². The van der Waals surface area contributed by atoms with Crippen LogP contribution in [0, 0.1) is 0 Å². The van der Waals surface area contributed by atoms with Crippen molar-refractivity contribution in [2.45, 2.75) is 19.4 Å². The second kappa shape index (κ2) is 7.09. The van der Waals surface area contributed by atoms with E-state index in [2.05, 4.69) is 10.3 Å². The lowest BCUT2D eigenvalue weighted by atomic mass is 10.1. The smallest absolute Gasteiger partial charge is 0.254 e. The molecule has 21 heavy (non-hydrogen) atoms. The third-order valence-corrected chi connectivity index (χ3v) is 3.44. The molecule has 1 atom stereocenters. The number of methoxy groups -OCH3 is 1. The molecule has 1 heterocycles. The Bertz CT molecular complexity index is 631. The predicted molar refractivity (Wildman–Crippen MR) is 82.9 cm³/mol. The van der Waals surface area contributed by atoms with Gasteiger partial charge in [0, 0.05) is 18.4 Å². The Kier molecular flexibility index (Phi) is 5.17. The highest BCUT2D eigenvalue weighted by Gasteiger charge is 2.14. The minimum Gasteiger partial charge on any atom is -0.496 e. The Morgan fingerprint density at radius 2 is 2.14 bits per heavy atom. The number of amides is 1. The minimum atomic E-state index is -0.226. The topological polar surface area (TPSA) is 51.2 Å². The monoisotopic (exact) mass is 304 g/mol. The fraction of sp³-hybridized carbons (Fsp3) is 0.250. The van der Waals surface area contributed by atoms with Gasteiger partial charge in [-0.15, -0.1) is 0 Å². The van der Waals surface area contributed by atoms with Crippen molar-refractivity contribution in [2.24, 2.45) is 0 Å². The van der Waals surface area contributed by atoms with Gasteiger partial charge in [-0.2, -0.15) is 0 Å². The number of hydrogen-bond acceptors (Lipinski definition) is 3. The molecule has 0 saturated carbocycles. The maximum atomic E-state index is 12.2. The standard InChI is InChI=1S/C16H17ClN2O2/c1-11(9-12-5-3-4-6-15(12)21-2)19-16(20)13-10-18-8-7-14(13)17/h3-8,10-11H,9H2,1-2H3,(H,19,20). The Morgan fingerprint density at radius 1 is 1.38 bits per heavy atom. The SMILES string of the molecule is COc1ccccc1CC(C)NC(=O)c1cnccc1Cl. The van der Waals surface area contributed by atoms with E-state index >= 15 is 0 Å². The van der Waals surface area contributed by atoms with Crippen LogP contribution in [0.4, 0.5) is 0 Å². The van der Waals surface area contributed by atoms with Crippen molar-refractivity contribution in [2.75, 3.05) is 7.11 Å². The summed E-state index contributed by atoms with van der Waals surface area (Å²) in [5, 5.41) is 3.31. The zero-order valence-corrected chi connectivity index (χ0v) is 12.7. The number of ether oxygens (including phenoxy) is 1. The molecule has 0 fully saturated rings. The number of aromatic nitrogens is 1. The first-order valence-electron chi connectivity index (χ1n) is 6.64. The lowest BCUT2D eigenvalue weighted by molar-refractivity contribution is 0.0939. The van der Waals surface area contributed by atoms with Crippen molar-refractivity contribution in [1.29, 1.82) is 0 Å². The van der Waals surface area contributed by atoms with E-state index in [9.17, 15) is 4.79 Å². The highest BCUT2D eigenvalue weighted by molar-refractivity contribution is 6.33. The minimum absolute atomic E-state index is 0.0509. The van der Waals surface area contributed by atoms with Crippen LogP contribution >= 0.6 is 11.6 Å². The average molecular weight is 305 g/mol. The van der Waals surface area contributed by atoms with Gasteiger partial charge in [0.1, 0.15) is 5.75 Å². The molecule has 0 aliphatic heterocycles. The zero-order chi connectivity index (χ0) is 15.2. The fourth-order valence-electron chi connectivity index (χ4n) is 2.10. The number of carbonyl (C=O) groups is 1. The number of rotatable bonds is 5. The van der Waals surface area contributed by atoms with Gasteiger partial charge in [0.25, 0.3) is 5.91 Å². The van der Waals surface area contributed by atoms with E-state index < -0.39 is 0 Å². The zero-order valence-electron chi connectivity index (χ0n) is 12.0. The van der Waals surface area contributed by atoms with E-state index in [0.29, 0.717) is 17.0 Å². The van der Waals surface area contributed by atoms with Gasteiger partial charge in [-0.25, -0.2) is 0 Å². The molecule has 110 valence electrons. The van der Waals surface area contributed by atoms with E-state index in [4.69, 9.17) is 16.3 Å². The van der Waals surface area contributed by atoms with Gasteiger partial charge in [-0.3, -0.25) is 9.78 Å². The molecule has 1 amide bonds. The van der Waals surface area contributed by atoms with Crippen LogP contribution in [-0.2, 0) is 6.42 Å². The van der Waals surface area contributed by atoms with E-state index in [0.717, 1.165) is 11.3 Å². The number of para-hydroxylation sites is 1. The van der Waals surface area contributed by atoms with Crippen molar-refractivity contribution < 1.29 is 9.53 Å². The van der Waals surface area contributed by atoms with Gasteiger partial charge in [0.2, 0.25) is 0 Å². The normalized spacial score (nSPS) is 11.8. The van der Waals surface area contributed by atoms with E-state index in [-0.39, 0.29) is 11.9 Å². The first-order valence-corrected chi connectivity index (χ1v) is 7.02. The molecule has 2 aromatic rings. The van der Waals surface area contributed by atoms with Crippen LogP contribution < -0.4 is 10.1 Å². The molecule has 1 unspecified atom stereocenters. The number of halogens is 1. The summed E-state index contributed by atoms with van der Waals surface area (Å²) in [6, 6.07) is 9.30. The third-order valence-electron chi connectivity index (χ3n) is 3.11. The summed E-state index contributed by atoms with van der Waals surface area (Å²) >= 11 is 5.99. The third kappa shape index (κ3) is 3.95. The maximum absolute atomic E-state index is 12.2. The lowest BCUT2D eigenvalue weighted by Crippen LogP contribution is -2.34. The van der Waals surface area contributed by atoms with E-state index in [1.54, 1.807) is 19.4 Å². The van der Waals surface area contributed by atoms with Crippen molar-refractivity contribution in [3.05, 3.63) is 58.9 Å². The number of benzene rings is 1. The number of pyridine rings is 1. The van der Waals surface area contributed by atoms with Crippen LogP contribution in [0.2, 0.25) is 5.02 Å². The van der Waals surface area contributed by atoms with Crippen LogP contribution in [-0.4, -0.2) is 24.0 Å². The van der Waals surface area contributed by atoms with Crippen molar-refractivity contribution in [3.63, 3.8) is 0 Å². The quantitative estimate of drug-likeness (QED) is 0.923. The molecule has 2 rings (SSSR count). The molecule has 0 aliphatic rings. The summed E-state index contributed by atoms with van der Waals surface area (Å²) in [7, 11) is 1.64. The van der Waals surface area contributed by atoms with Gasteiger partial charge in [0.15, 0.2) is 0 Å². The van der Waals surface area contributed by atoms with E-state index in [1.807, 2.05) is 31.2 Å². The number of hydrogen-bond donors (Lipinski definition) is 1. The van der Waals surface area contributed by atoms with Crippen molar-refractivity contribution in [3.8, 4) is 5.75 Å². The molecule has 0 spiro atoms. The van der Waals surface area contributed by atoms with Gasteiger partial charge >= 0.3 is 0 Å². The molecule has 1 aromatic heterocycles. The number of carbonyl (C=O) groups excluding carboxylic acids is 1. The number of nitrogens with zero attached hydrogens (tertiary/aromatic N) is 1. The molecule has 1 aromatic carbocycles. The van der Waals surface area contributed by atoms with E-state index in [1.165, 1.54) is 6.20 Å². The fourth-order valence-corrected chi connectivity index (χ4v) is 2.29. The number of nitrogens with one attached hydrogen (secondary N) is 1. The molecular weight excluding hydrogens is 288 g/mol. The van der Waals surface area contributed by atoms with Crippen molar-refractivity contribution in [1.82, 2.24) is 10.3 Å². The molecule has 1 N–H and O–H groups in total. The second-order valence-electron chi connectivity index (χ2n) is 4.75. The maximum Gasteiger partial charge on any atom is 0.254 e. The van der Waals surface area contributed by atoms with Crippen LogP contribution in [0.5, 0.6) is 5.75 Å². The van der Waals surface area contributed by atoms with Gasteiger partial charge in [-0.1, -0.05) is 29.8 Å². The summed E-state index contributed by atoms with van der Waals surface area (Å²) in [6.45, 7) is 1.94. The summed E-state index contributed by atoms with van der Waals surface area (Å²) < 4.78 is 5.31. The summed E-state index contributed by atoms with van der Waals surface area (Å²) in [5.74, 6) is 0.591. The van der Waals surface area contributed by atoms with Crippen LogP contribution in [0.3, 0.4) is 0 Å². The second-order valence-corrected chi connectivity index (χ2v) is 5.15. The Labute approximate surface area is 129 Å². The van der Waals surface area contributed by atoms with Gasteiger partial charge in [0.05, 0.1) is 17.7 Å². The molecular formula is C16H17ClN2O2. The summed E-state index contributed by atoms with van der Waals surface area (Å²) in [4.78, 5) is 16.1. The highest BCUT2D eigenvalue weighted by Crippen LogP contribution is 2.19. The largest absolute Gasteiger partial charge is 0.496 e. The molecule has 5 heteroatoms. The Hall–Kier alpha value is -2.07. The molecule has 0 radical (unpaired) electrons. The van der Waals surface area contributed by atoms with Crippen LogP contribution in [0.1, 0.15) is 22.8 Å². The molecule has 0 bridgehead atoms. The predicted octanol–water partition coefficient (Wildman–Crippen LogP) is 3.10. The summed E-state index contributed by atoms with van der Waals surface area (Å²) in [6.07, 6.45) is 3.69.